The smallest absolute Gasteiger partial charge is 0.0452 e. The number of rotatable bonds is 3. The predicted octanol–water partition coefficient (Wildman–Crippen LogP) is 2.06. The van der Waals surface area contributed by atoms with Crippen LogP contribution in [0.2, 0.25) is 0 Å². The number of nitrogens with two attached hydrogens (primary N) is 1. The molecule has 1 atom stereocenters. The van der Waals surface area contributed by atoms with Gasteiger partial charge in [0.15, 0.2) is 0 Å². The molecule has 11 heavy (non-hydrogen) atoms. The van der Waals surface area contributed by atoms with Crippen molar-refractivity contribution in [3.8, 4) is 0 Å². The Morgan fingerprint density at radius 1 is 1.82 bits per heavy atom. The first kappa shape index (κ1) is 8.07. The standard InChI is InChI=1S/C6H8N4S/c7-6(3-9-10-8)5-1-2-11-4-5/h1-2,4,6H,3,7H2. The maximum absolute atomic E-state index is 8.02. The van der Waals surface area contributed by atoms with Gasteiger partial charge >= 0.3 is 0 Å². The largest absolute Gasteiger partial charge is 0.324 e. The molecular weight excluding hydrogens is 160 g/mol. The second-order valence-corrected chi connectivity index (χ2v) is 2.86. The summed E-state index contributed by atoms with van der Waals surface area (Å²) in [7, 11) is 0. The molecule has 1 unspecified atom stereocenters. The van der Waals surface area contributed by atoms with E-state index >= 15 is 0 Å². The van der Waals surface area contributed by atoms with Crippen molar-refractivity contribution in [2.45, 2.75) is 6.04 Å². The van der Waals surface area contributed by atoms with Crippen LogP contribution in [0.1, 0.15) is 11.6 Å². The van der Waals surface area contributed by atoms with Crippen LogP contribution in [0.4, 0.5) is 0 Å². The lowest BCUT2D eigenvalue weighted by atomic mass is 10.2. The highest BCUT2D eigenvalue weighted by Crippen LogP contribution is 2.13. The van der Waals surface area contributed by atoms with Gasteiger partial charge in [-0.05, 0) is 27.9 Å². The number of hydrogen-bond donors (Lipinski definition) is 1. The molecule has 0 fully saturated rings. The Balaban J connectivity index is 2.55. The Labute approximate surface area is 68.3 Å². The molecule has 0 radical (unpaired) electrons. The molecule has 0 aliphatic rings. The Kier molecular flexibility index (Phi) is 2.92. The van der Waals surface area contributed by atoms with Crippen molar-refractivity contribution in [3.63, 3.8) is 0 Å². The summed E-state index contributed by atoms with van der Waals surface area (Å²) in [6.07, 6.45) is 0. The van der Waals surface area contributed by atoms with E-state index in [1.165, 1.54) is 0 Å². The van der Waals surface area contributed by atoms with Crippen LogP contribution in [-0.2, 0) is 0 Å². The summed E-state index contributed by atoms with van der Waals surface area (Å²) in [5.41, 5.74) is 14.7. The monoisotopic (exact) mass is 168 g/mol. The van der Waals surface area contributed by atoms with E-state index in [1.54, 1.807) is 11.3 Å². The van der Waals surface area contributed by atoms with Gasteiger partial charge in [0.05, 0.1) is 0 Å². The molecule has 58 valence electrons. The first-order chi connectivity index (χ1) is 5.34. The van der Waals surface area contributed by atoms with Crippen molar-refractivity contribution < 1.29 is 0 Å². The van der Waals surface area contributed by atoms with Crippen molar-refractivity contribution in [1.29, 1.82) is 0 Å². The minimum atomic E-state index is -0.155. The predicted molar refractivity (Wildman–Crippen MR) is 45.3 cm³/mol. The lowest BCUT2D eigenvalue weighted by Crippen LogP contribution is -2.11. The fourth-order valence-electron chi connectivity index (χ4n) is 0.716. The summed E-state index contributed by atoms with van der Waals surface area (Å²) in [6, 6.07) is 1.78. The lowest BCUT2D eigenvalue weighted by molar-refractivity contribution is 0.736. The fourth-order valence-corrected chi connectivity index (χ4v) is 1.44. The van der Waals surface area contributed by atoms with Gasteiger partial charge in [-0.25, -0.2) is 0 Å². The molecular formula is C6H8N4S. The summed E-state index contributed by atoms with van der Waals surface area (Å²) in [6.45, 7) is 0.327. The molecule has 0 saturated carbocycles. The van der Waals surface area contributed by atoms with Gasteiger partial charge in [0, 0.05) is 17.5 Å². The molecule has 0 spiro atoms. The molecule has 5 heteroatoms. The zero-order chi connectivity index (χ0) is 8.10. The first-order valence-electron chi connectivity index (χ1n) is 3.13. The quantitative estimate of drug-likeness (QED) is 0.418. The molecule has 0 aliphatic carbocycles. The second kappa shape index (κ2) is 3.98. The average molecular weight is 168 g/mol. The summed E-state index contributed by atoms with van der Waals surface area (Å²) in [5, 5.41) is 7.29. The third kappa shape index (κ3) is 2.23. The number of nitrogens with zero attached hydrogens (tertiary/aromatic N) is 3. The van der Waals surface area contributed by atoms with Crippen LogP contribution in [0.3, 0.4) is 0 Å². The van der Waals surface area contributed by atoms with Crippen molar-refractivity contribution in [2.75, 3.05) is 6.54 Å². The molecule has 4 nitrogen and oxygen atoms in total. The van der Waals surface area contributed by atoms with Crippen LogP contribution < -0.4 is 5.73 Å². The zero-order valence-corrected chi connectivity index (χ0v) is 6.66. The Hall–Kier alpha value is -1.03. The topological polar surface area (TPSA) is 74.8 Å². The third-order valence-electron chi connectivity index (χ3n) is 1.31. The van der Waals surface area contributed by atoms with Gasteiger partial charge in [0.1, 0.15) is 0 Å². The van der Waals surface area contributed by atoms with Gasteiger partial charge in [-0.15, -0.1) is 0 Å². The number of azide groups is 1. The summed E-state index contributed by atoms with van der Waals surface area (Å²) >= 11 is 1.59. The van der Waals surface area contributed by atoms with Crippen LogP contribution in [0, 0.1) is 0 Å². The van der Waals surface area contributed by atoms with E-state index in [2.05, 4.69) is 10.0 Å². The number of hydrogen-bond acceptors (Lipinski definition) is 3. The molecule has 2 N–H and O–H groups in total. The van der Waals surface area contributed by atoms with E-state index < -0.39 is 0 Å². The second-order valence-electron chi connectivity index (χ2n) is 2.08. The fraction of sp³-hybridized carbons (Fsp3) is 0.333. The molecule has 1 aromatic heterocycles. The molecule has 1 aromatic rings. The minimum Gasteiger partial charge on any atom is -0.324 e. The van der Waals surface area contributed by atoms with E-state index in [9.17, 15) is 0 Å². The third-order valence-corrected chi connectivity index (χ3v) is 2.01. The van der Waals surface area contributed by atoms with Gasteiger partial charge in [0.2, 0.25) is 0 Å². The summed E-state index contributed by atoms with van der Waals surface area (Å²) in [4.78, 5) is 2.63. The van der Waals surface area contributed by atoms with Crippen LogP contribution in [0.5, 0.6) is 0 Å². The average Bonchev–Trinajstić information content (AvgIpc) is 2.52. The molecule has 0 amide bonds. The van der Waals surface area contributed by atoms with E-state index in [4.69, 9.17) is 11.3 Å². The van der Waals surface area contributed by atoms with Crippen LogP contribution in [0.15, 0.2) is 21.9 Å². The molecule has 0 aliphatic heterocycles. The van der Waals surface area contributed by atoms with Crippen molar-refractivity contribution in [1.82, 2.24) is 0 Å². The van der Waals surface area contributed by atoms with Gasteiger partial charge in [-0.3, -0.25) is 0 Å². The van der Waals surface area contributed by atoms with Crippen LogP contribution >= 0.6 is 11.3 Å². The Morgan fingerprint density at radius 2 is 2.64 bits per heavy atom. The van der Waals surface area contributed by atoms with Gasteiger partial charge in [-0.1, -0.05) is 5.11 Å². The van der Waals surface area contributed by atoms with E-state index in [0.29, 0.717) is 6.54 Å². The van der Waals surface area contributed by atoms with Crippen molar-refractivity contribution >= 4 is 11.3 Å². The normalized spacial score (nSPS) is 12.1. The van der Waals surface area contributed by atoms with Gasteiger partial charge < -0.3 is 5.73 Å². The zero-order valence-electron chi connectivity index (χ0n) is 5.84. The summed E-state index contributed by atoms with van der Waals surface area (Å²) in [5.74, 6) is 0. The van der Waals surface area contributed by atoms with Crippen LogP contribution in [-0.4, -0.2) is 6.54 Å². The highest BCUT2D eigenvalue weighted by molar-refractivity contribution is 7.07. The lowest BCUT2D eigenvalue weighted by Gasteiger charge is -2.03. The van der Waals surface area contributed by atoms with E-state index in [0.717, 1.165) is 5.56 Å². The van der Waals surface area contributed by atoms with Gasteiger partial charge in [0.25, 0.3) is 0 Å². The van der Waals surface area contributed by atoms with Crippen molar-refractivity contribution in [2.24, 2.45) is 10.8 Å². The molecule has 1 heterocycles. The molecule has 0 aromatic carbocycles. The molecule has 0 bridgehead atoms. The summed E-state index contributed by atoms with van der Waals surface area (Å²) < 4.78 is 0. The highest BCUT2D eigenvalue weighted by atomic mass is 32.1. The highest BCUT2D eigenvalue weighted by Gasteiger charge is 2.02. The van der Waals surface area contributed by atoms with Gasteiger partial charge in [-0.2, -0.15) is 11.3 Å². The van der Waals surface area contributed by atoms with E-state index in [-0.39, 0.29) is 6.04 Å². The Morgan fingerprint density at radius 3 is 3.18 bits per heavy atom. The van der Waals surface area contributed by atoms with E-state index in [1.807, 2.05) is 16.8 Å². The maximum atomic E-state index is 8.02. The first-order valence-corrected chi connectivity index (χ1v) is 4.07. The minimum absolute atomic E-state index is 0.155. The van der Waals surface area contributed by atoms with Crippen LogP contribution in [0.25, 0.3) is 10.4 Å². The molecule has 0 saturated heterocycles. The number of thiophene rings is 1. The van der Waals surface area contributed by atoms with Crippen molar-refractivity contribution in [3.05, 3.63) is 32.8 Å². The Bertz CT molecular complexity index is 250. The molecule has 1 rings (SSSR count). The SMILES string of the molecule is [N-]=[N+]=NCC(N)c1ccsc1. The maximum Gasteiger partial charge on any atom is 0.0452 e.